The number of primary sulfonamides is 1. The van der Waals surface area contributed by atoms with Crippen molar-refractivity contribution in [2.45, 2.75) is 10.3 Å². The van der Waals surface area contributed by atoms with E-state index < -0.39 is 15.5 Å². The van der Waals surface area contributed by atoms with Crippen LogP contribution in [0.2, 0.25) is 0 Å². The highest BCUT2D eigenvalue weighted by molar-refractivity contribution is 7.96. The Labute approximate surface area is 80.3 Å². The van der Waals surface area contributed by atoms with E-state index in [9.17, 15) is 8.42 Å². The van der Waals surface area contributed by atoms with Crippen LogP contribution >= 0.6 is 12.0 Å². The molecule has 0 amide bonds. The van der Waals surface area contributed by atoms with Gasteiger partial charge in [0.2, 0.25) is 15.5 Å². The Kier molecular flexibility index (Phi) is 2.07. The summed E-state index contributed by atoms with van der Waals surface area (Å²) in [6, 6.07) is 7.07. The number of nitrogens with two attached hydrogens (primary N) is 1. The van der Waals surface area contributed by atoms with Gasteiger partial charge in [-0.3, -0.25) is 4.18 Å². The summed E-state index contributed by atoms with van der Waals surface area (Å²) < 4.78 is 27.1. The number of benzene rings is 1. The quantitative estimate of drug-likeness (QED) is 0.713. The largest absolute Gasteiger partial charge is 0.285 e. The van der Waals surface area contributed by atoms with E-state index in [4.69, 9.17) is 9.32 Å². The summed E-state index contributed by atoms with van der Waals surface area (Å²) in [7, 11) is -3.66. The van der Waals surface area contributed by atoms with Crippen molar-refractivity contribution >= 4 is 22.1 Å². The summed E-state index contributed by atoms with van der Waals surface area (Å²) in [5.41, 5.74) is -0.399. The summed E-state index contributed by atoms with van der Waals surface area (Å²) in [5, 5.41) is 4.99. The third-order valence-electron chi connectivity index (χ3n) is 1.70. The second-order valence-corrected chi connectivity index (χ2v) is 5.04. The van der Waals surface area contributed by atoms with Gasteiger partial charge in [0.15, 0.2) is 0 Å². The maximum atomic E-state index is 11.0. The van der Waals surface area contributed by atoms with Gasteiger partial charge in [0.1, 0.15) is 0 Å². The normalized spacial score (nSPS) is 21.5. The fraction of sp³-hybridized carbons (Fsp3) is 0.143. The van der Waals surface area contributed by atoms with Crippen LogP contribution in [0.5, 0.6) is 0 Å². The van der Waals surface area contributed by atoms with Crippen molar-refractivity contribution in [2.24, 2.45) is 5.14 Å². The number of hydrogen-bond donors (Lipinski definition) is 1. The zero-order chi connectivity index (χ0) is 9.47. The van der Waals surface area contributed by atoms with Gasteiger partial charge >= 0.3 is 0 Å². The highest BCUT2D eigenvalue weighted by atomic mass is 32.2. The van der Waals surface area contributed by atoms with Crippen molar-refractivity contribution in [1.29, 1.82) is 0 Å². The second kappa shape index (κ2) is 2.98. The van der Waals surface area contributed by atoms with Crippen molar-refractivity contribution < 1.29 is 12.6 Å². The van der Waals surface area contributed by atoms with Crippen LogP contribution in [0.15, 0.2) is 29.2 Å². The predicted molar refractivity (Wildman–Crippen MR) is 49.2 cm³/mol. The topological polar surface area (TPSA) is 69.4 Å². The summed E-state index contributed by atoms with van der Waals surface area (Å²) >= 11 is 1.04. The predicted octanol–water partition coefficient (Wildman–Crippen LogP) is 1.01. The van der Waals surface area contributed by atoms with Gasteiger partial charge in [0, 0.05) is 22.5 Å². The van der Waals surface area contributed by atoms with E-state index in [1.165, 1.54) is 0 Å². The molecule has 6 heteroatoms. The van der Waals surface area contributed by atoms with Gasteiger partial charge in [0.05, 0.1) is 0 Å². The smallest absolute Gasteiger partial charge is 0.242 e. The van der Waals surface area contributed by atoms with E-state index in [0.29, 0.717) is 5.56 Å². The van der Waals surface area contributed by atoms with Crippen molar-refractivity contribution in [3.63, 3.8) is 0 Å². The second-order valence-electron chi connectivity index (χ2n) is 2.64. The van der Waals surface area contributed by atoms with E-state index in [-0.39, 0.29) is 0 Å². The lowest BCUT2D eigenvalue weighted by Gasteiger charge is -2.05. The molecule has 0 saturated heterocycles. The fourth-order valence-electron chi connectivity index (χ4n) is 1.13. The first-order chi connectivity index (χ1) is 6.09. The molecule has 0 saturated carbocycles. The van der Waals surface area contributed by atoms with Crippen LogP contribution in [0.4, 0.5) is 0 Å². The van der Waals surface area contributed by atoms with Crippen LogP contribution < -0.4 is 5.14 Å². The Morgan fingerprint density at radius 1 is 1.38 bits per heavy atom. The van der Waals surface area contributed by atoms with E-state index in [2.05, 4.69) is 0 Å². The Morgan fingerprint density at radius 3 is 2.77 bits per heavy atom. The van der Waals surface area contributed by atoms with Crippen LogP contribution in [-0.4, -0.2) is 8.42 Å². The molecule has 4 nitrogen and oxygen atoms in total. The van der Waals surface area contributed by atoms with E-state index in [1.54, 1.807) is 18.2 Å². The number of sulfonamides is 1. The molecule has 1 aliphatic heterocycles. The highest BCUT2D eigenvalue weighted by Crippen LogP contribution is 2.42. The molecule has 1 heterocycles. The molecule has 1 aliphatic rings. The van der Waals surface area contributed by atoms with Gasteiger partial charge in [-0.15, -0.1) is 0 Å². The number of fused-ring (bicyclic) bond motifs is 1. The minimum absolute atomic E-state index is 0.620. The zero-order valence-electron chi connectivity index (χ0n) is 6.51. The Hall–Kier alpha value is -0.560. The van der Waals surface area contributed by atoms with Crippen molar-refractivity contribution in [1.82, 2.24) is 0 Å². The van der Waals surface area contributed by atoms with Gasteiger partial charge in [-0.05, 0) is 6.07 Å². The van der Waals surface area contributed by atoms with Crippen LogP contribution in [0, 0.1) is 0 Å². The molecule has 1 aromatic rings. The first-order valence-electron chi connectivity index (χ1n) is 3.53. The SMILES string of the molecule is NS(=O)(=O)C1OSc2ccccc21. The molecule has 1 atom stereocenters. The van der Waals surface area contributed by atoms with Gasteiger partial charge in [-0.25, -0.2) is 13.6 Å². The molecule has 0 aromatic heterocycles. The van der Waals surface area contributed by atoms with Crippen LogP contribution in [-0.2, 0) is 14.2 Å². The number of rotatable bonds is 1. The molecule has 70 valence electrons. The average molecular weight is 217 g/mol. The Morgan fingerprint density at radius 2 is 2.08 bits per heavy atom. The molecule has 1 aromatic carbocycles. The zero-order valence-corrected chi connectivity index (χ0v) is 8.14. The summed E-state index contributed by atoms with van der Waals surface area (Å²) in [6.07, 6.45) is 0. The van der Waals surface area contributed by atoms with Crippen molar-refractivity contribution in [3.8, 4) is 0 Å². The monoisotopic (exact) mass is 217 g/mol. The molecule has 13 heavy (non-hydrogen) atoms. The molecule has 0 bridgehead atoms. The van der Waals surface area contributed by atoms with Crippen LogP contribution in [0.25, 0.3) is 0 Å². The number of hydrogen-bond acceptors (Lipinski definition) is 4. The molecule has 1 unspecified atom stereocenters. The van der Waals surface area contributed by atoms with E-state index >= 15 is 0 Å². The van der Waals surface area contributed by atoms with E-state index in [0.717, 1.165) is 16.9 Å². The maximum Gasteiger partial charge on any atom is 0.242 e. The lowest BCUT2D eigenvalue weighted by Crippen LogP contribution is -2.20. The summed E-state index contributed by atoms with van der Waals surface area (Å²) in [5.74, 6) is 0. The average Bonchev–Trinajstić information content (AvgIpc) is 2.45. The first kappa shape index (κ1) is 9.01. The molecule has 2 N–H and O–H groups in total. The third kappa shape index (κ3) is 1.58. The molecule has 0 fully saturated rings. The third-order valence-corrected chi connectivity index (χ3v) is 3.61. The highest BCUT2D eigenvalue weighted by Gasteiger charge is 2.32. The summed E-state index contributed by atoms with van der Waals surface area (Å²) in [4.78, 5) is 0.807. The molecule has 0 aliphatic carbocycles. The lowest BCUT2D eigenvalue weighted by molar-refractivity contribution is 0.344. The van der Waals surface area contributed by atoms with Crippen molar-refractivity contribution in [2.75, 3.05) is 0 Å². The first-order valence-corrected chi connectivity index (χ1v) is 5.88. The van der Waals surface area contributed by atoms with E-state index in [1.807, 2.05) is 6.07 Å². The lowest BCUT2D eigenvalue weighted by atomic mass is 10.2. The van der Waals surface area contributed by atoms with Crippen LogP contribution in [0.1, 0.15) is 11.0 Å². The summed E-state index contributed by atoms with van der Waals surface area (Å²) in [6.45, 7) is 0. The van der Waals surface area contributed by atoms with Gasteiger partial charge in [-0.1, -0.05) is 18.2 Å². The maximum absolute atomic E-state index is 11.0. The minimum Gasteiger partial charge on any atom is -0.285 e. The van der Waals surface area contributed by atoms with Gasteiger partial charge < -0.3 is 0 Å². The Balaban J connectivity index is 2.51. The molecular formula is C7H7NO3S2. The van der Waals surface area contributed by atoms with Gasteiger partial charge in [0.25, 0.3) is 0 Å². The minimum atomic E-state index is -3.66. The van der Waals surface area contributed by atoms with Crippen LogP contribution in [0.3, 0.4) is 0 Å². The molecule has 0 radical (unpaired) electrons. The molecular weight excluding hydrogens is 210 g/mol. The molecule has 0 spiro atoms. The van der Waals surface area contributed by atoms with Crippen molar-refractivity contribution in [3.05, 3.63) is 29.8 Å². The Bertz CT molecular complexity index is 429. The standard InChI is InChI=1S/C7H7NO3S2/c8-13(9,10)7-5-3-1-2-4-6(5)12-11-7/h1-4,7H,(H2,8,9,10). The van der Waals surface area contributed by atoms with Gasteiger partial charge in [-0.2, -0.15) is 0 Å². The fourth-order valence-corrected chi connectivity index (χ4v) is 3.02. The molecule has 2 rings (SSSR count).